The minimum absolute atomic E-state index is 0.287. The van der Waals surface area contributed by atoms with Gasteiger partial charge in [-0.25, -0.2) is 9.97 Å². The molecule has 5 nitrogen and oxygen atoms in total. The minimum atomic E-state index is -0.368. The Morgan fingerprint density at radius 3 is 2.87 bits per heavy atom. The summed E-state index contributed by atoms with van der Waals surface area (Å²) in [4.78, 5) is 7.83. The van der Waals surface area contributed by atoms with Gasteiger partial charge in [0.2, 0.25) is 0 Å². The van der Waals surface area contributed by atoms with Crippen LogP contribution in [0.1, 0.15) is 25.5 Å². The van der Waals surface area contributed by atoms with Crippen molar-refractivity contribution in [3.8, 4) is 6.07 Å². The lowest BCUT2D eigenvalue weighted by atomic mass is 10.2. The van der Waals surface area contributed by atoms with Crippen LogP contribution in [-0.2, 0) is 0 Å². The van der Waals surface area contributed by atoms with E-state index in [1.165, 1.54) is 12.4 Å². The van der Waals surface area contributed by atoms with Gasteiger partial charge in [0, 0.05) is 6.54 Å². The largest absolute Gasteiger partial charge is 0.391 e. The molecule has 0 saturated carbocycles. The van der Waals surface area contributed by atoms with Gasteiger partial charge in [0.15, 0.2) is 5.69 Å². The molecule has 2 N–H and O–H groups in total. The van der Waals surface area contributed by atoms with Crippen LogP contribution in [0.2, 0.25) is 0 Å². The SMILES string of the molecule is CCCC(O)CNc1cnc(C#N)cn1. The van der Waals surface area contributed by atoms with Crippen LogP contribution in [0.5, 0.6) is 0 Å². The van der Waals surface area contributed by atoms with Gasteiger partial charge in [-0.1, -0.05) is 13.3 Å². The molecule has 0 bridgehead atoms. The Kier molecular flexibility index (Phi) is 4.51. The third kappa shape index (κ3) is 3.92. The Labute approximate surface area is 88.8 Å². The van der Waals surface area contributed by atoms with Gasteiger partial charge < -0.3 is 10.4 Å². The number of hydrogen-bond donors (Lipinski definition) is 2. The maximum atomic E-state index is 9.45. The highest BCUT2D eigenvalue weighted by Crippen LogP contribution is 2.02. The van der Waals surface area contributed by atoms with Crippen LogP contribution < -0.4 is 5.32 Å². The molecule has 0 spiro atoms. The van der Waals surface area contributed by atoms with E-state index in [4.69, 9.17) is 5.26 Å². The van der Waals surface area contributed by atoms with E-state index >= 15 is 0 Å². The van der Waals surface area contributed by atoms with E-state index in [9.17, 15) is 5.11 Å². The Morgan fingerprint density at radius 1 is 1.53 bits per heavy atom. The molecule has 1 rings (SSSR count). The second-order valence-electron chi connectivity index (χ2n) is 3.22. The summed E-state index contributed by atoms with van der Waals surface area (Å²) in [6.45, 7) is 2.47. The highest BCUT2D eigenvalue weighted by molar-refractivity contribution is 5.33. The average molecular weight is 206 g/mol. The van der Waals surface area contributed by atoms with E-state index in [2.05, 4.69) is 15.3 Å². The zero-order chi connectivity index (χ0) is 11.1. The quantitative estimate of drug-likeness (QED) is 0.748. The van der Waals surface area contributed by atoms with E-state index in [-0.39, 0.29) is 11.8 Å². The molecule has 5 heteroatoms. The van der Waals surface area contributed by atoms with E-state index in [1.807, 2.05) is 13.0 Å². The van der Waals surface area contributed by atoms with Gasteiger partial charge in [0.05, 0.1) is 18.5 Å². The van der Waals surface area contributed by atoms with Crippen molar-refractivity contribution in [1.29, 1.82) is 5.26 Å². The van der Waals surface area contributed by atoms with Crippen LogP contribution in [0.4, 0.5) is 5.82 Å². The van der Waals surface area contributed by atoms with Gasteiger partial charge in [0.1, 0.15) is 11.9 Å². The molecule has 1 atom stereocenters. The number of aromatic nitrogens is 2. The number of nitrogens with zero attached hydrogens (tertiary/aromatic N) is 3. The summed E-state index contributed by atoms with van der Waals surface area (Å²) < 4.78 is 0. The topological polar surface area (TPSA) is 81.8 Å². The number of aliphatic hydroxyl groups excluding tert-OH is 1. The third-order valence-electron chi connectivity index (χ3n) is 1.91. The summed E-state index contributed by atoms with van der Waals surface area (Å²) in [6.07, 6.45) is 4.22. The summed E-state index contributed by atoms with van der Waals surface area (Å²) in [5, 5.41) is 20.9. The first-order chi connectivity index (χ1) is 7.26. The molecule has 0 aromatic carbocycles. The molecule has 15 heavy (non-hydrogen) atoms. The molecule has 0 radical (unpaired) electrons. The third-order valence-corrected chi connectivity index (χ3v) is 1.91. The second kappa shape index (κ2) is 5.94. The van der Waals surface area contributed by atoms with Crippen LogP contribution >= 0.6 is 0 Å². The number of anilines is 1. The number of nitrogens with one attached hydrogen (secondary N) is 1. The van der Waals surface area contributed by atoms with Crippen molar-refractivity contribution in [2.75, 3.05) is 11.9 Å². The Hall–Kier alpha value is -1.67. The minimum Gasteiger partial charge on any atom is -0.391 e. The van der Waals surface area contributed by atoms with Crippen molar-refractivity contribution in [3.05, 3.63) is 18.1 Å². The molecule has 0 fully saturated rings. The van der Waals surface area contributed by atoms with Gasteiger partial charge in [-0.05, 0) is 6.42 Å². The van der Waals surface area contributed by atoms with Crippen molar-refractivity contribution in [1.82, 2.24) is 9.97 Å². The lowest BCUT2D eigenvalue weighted by Gasteiger charge is -2.10. The maximum absolute atomic E-state index is 9.45. The molecule has 0 aliphatic heterocycles. The molecule has 0 saturated heterocycles. The van der Waals surface area contributed by atoms with Crippen LogP contribution in [0.25, 0.3) is 0 Å². The molecule has 0 aliphatic rings. The van der Waals surface area contributed by atoms with Gasteiger partial charge in [-0.15, -0.1) is 0 Å². The standard InChI is InChI=1S/C10H14N4O/c1-2-3-9(15)6-14-10-7-12-8(4-11)5-13-10/h5,7,9,15H,2-3,6H2,1H3,(H,13,14). The van der Waals surface area contributed by atoms with Crippen LogP contribution in [0.15, 0.2) is 12.4 Å². The number of nitriles is 1. The lowest BCUT2D eigenvalue weighted by Crippen LogP contribution is -2.19. The summed E-state index contributed by atoms with van der Waals surface area (Å²) in [7, 11) is 0. The predicted octanol–water partition coefficient (Wildman–Crippen LogP) is 0.921. The number of aliphatic hydroxyl groups is 1. The summed E-state index contributed by atoms with van der Waals surface area (Å²) >= 11 is 0. The zero-order valence-corrected chi connectivity index (χ0v) is 8.64. The fourth-order valence-corrected chi connectivity index (χ4v) is 1.13. The molecule has 80 valence electrons. The van der Waals surface area contributed by atoms with Gasteiger partial charge in [0.25, 0.3) is 0 Å². The van der Waals surface area contributed by atoms with E-state index in [0.29, 0.717) is 12.4 Å². The monoisotopic (exact) mass is 206 g/mol. The van der Waals surface area contributed by atoms with E-state index in [0.717, 1.165) is 12.8 Å². The second-order valence-corrected chi connectivity index (χ2v) is 3.22. The van der Waals surface area contributed by atoms with Gasteiger partial charge in [-0.3, -0.25) is 0 Å². The van der Waals surface area contributed by atoms with Gasteiger partial charge in [-0.2, -0.15) is 5.26 Å². The van der Waals surface area contributed by atoms with Crippen molar-refractivity contribution in [2.45, 2.75) is 25.9 Å². The van der Waals surface area contributed by atoms with E-state index in [1.54, 1.807) is 0 Å². The summed E-state index contributed by atoms with van der Waals surface area (Å²) in [6, 6.07) is 1.89. The van der Waals surface area contributed by atoms with E-state index < -0.39 is 0 Å². The molecule has 1 aromatic heterocycles. The van der Waals surface area contributed by atoms with Crippen LogP contribution in [-0.4, -0.2) is 27.7 Å². The highest BCUT2D eigenvalue weighted by atomic mass is 16.3. The smallest absolute Gasteiger partial charge is 0.158 e. The first-order valence-electron chi connectivity index (χ1n) is 4.90. The molecule has 0 amide bonds. The normalized spacial score (nSPS) is 11.8. The Balaban J connectivity index is 2.41. The molecular formula is C10H14N4O. The molecule has 1 unspecified atom stereocenters. The predicted molar refractivity (Wildman–Crippen MR) is 56.2 cm³/mol. The molecule has 0 aliphatic carbocycles. The summed E-state index contributed by atoms with van der Waals surface area (Å²) in [5.74, 6) is 0.573. The maximum Gasteiger partial charge on any atom is 0.158 e. The molecular weight excluding hydrogens is 192 g/mol. The fraction of sp³-hybridized carbons (Fsp3) is 0.500. The number of rotatable bonds is 5. The fourth-order valence-electron chi connectivity index (χ4n) is 1.13. The summed E-state index contributed by atoms with van der Waals surface area (Å²) in [5.41, 5.74) is 0.287. The van der Waals surface area contributed by atoms with Crippen molar-refractivity contribution < 1.29 is 5.11 Å². The molecule has 1 heterocycles. The van der Waals surface area contributed by atoms with Crippen molar-refractivity contribution in [2.24, 2.45) is 0 Å². The highest BCUT2D eigenvalue weighted by Gasteiger charge is 2.02. The van der Waals surface area contributed by atoms with Crippen molar-refractivity contribution >= 4 is 5.82 Å². The Morgan fingerprint density at radius 2 is 2.33 bits per heavy atom. The first kappa shape index (κ1) is 11.4. The van der Waals surface area contributed by atoms with Crippen LogP contribution in [0.3, 0.4) is 0 Å². The van der Waals surface area contributed by atoms with Crippen molar-refractivity contribution in [3.63, 3.8) is 0 Å². The molecule has 1 aromatic rings. The zero-order valence-electron chi connectivity index (χ0n) is 8.64. The van der Waals surface area contributed by atoms with Crippen LogP contribution in [0, 0.1) is 11.3 Å². The van der Waals surface area contributed by atoms with Gasteiger partial charge >= 0.3 is 0 Å². The Bertz CT molecular complexity index is 330. The first-order valence-corrected chi connectivity index (χ1v) is 4.90. The number of hydrogen-bond acceptors (Lipinski definition) is 5. The lowest BCUT2D eigenvalue weighted by molar-refractivity contribution is 0.176. The average Bonchev–Trinajstić information content (AvgIpc) is 2.27.